The number of aromatic nitrogens is 3. The molecule has 158 valence electrons. The van der Waals surface area contributed by atoms with Crippen molar-refractivity contribution in [1.29, 1.82) is 0 Å². The van der Waals surface area contributed by atoms with Crippen molar-refractivity contribution in [2.75, 3.05) is 25.4 Å². The van der Waals surface area contributed by atoms with Crippen molar-refractivity contribution < 1.29 is 22.1 Å². The lowest BCUT2D eigenvalue weighted by Crippen LogP contribution is -2.43. The molecule has 4 rings (SSSR count). The van der Waals surface area contributed by atoms with Gasteiger partial charge in [0.05, 0.1) is 12.4 Å². The van der Waals surface area contributed by atoms with Crippen LogP contribution in [0.2, 0.25) is 0 Å². The van der Waals surface area contributed by atoms with Crippen LogP contribution < -0.4 is 0 Å². The van der Waals surface area contributed by atoms with Crippen LogP contribution in [0.4, 0.5) is 4.39 Å². The average Bonchev–Trinajstić information content (AvgIpc) is 3.24. The normalized spacial score (nSPS) is 17.8. The van der Waals surface area contributed by atoms with E-state index in [1.807, 2.05) is 0 Å². The van der Waals surface area contributed by atoms with Gasteiger partial charge in [-0.15, -0.1) is 0 Å². The van der Waals surface area contributed by atoms with E-state index >= 15 is 0 Å². The number of pyridine rings is 1. The lowest BCUT2D eigenvalue weighted by atomic mass is 10.1. The standard InChI is InChI=1S/C20H21FN4O4S/c21-17-4-2-1-3-16(17)13-19-23-20(29-24-19)18-14-25(10-11-28-18)30(26,27)12-7-15-5-8-22-9-6-15/h1-6,8-9,18H,7,10-14H2/t18-/m1/s1. The van der Waals surface area contributed by atoms with E-state index in [4.69, 9.17) is 9.26 Å². The molecule has 1 aliphatic heterocycles. The highest BCUT2D eigenvalue weighted by molar-refractivity contribution is 7.89. The predicted molar refractivity (Wildman–Crippen MR) is 105 cm³/mol. The van der Waals surface area contributed by atoms with Gasteiger partial charge >= 0.3 is 0 Å². The van der Waals surface area contributed by atoms with E-state index in [0.717, 1.165) is 5.56 Å². The molecule has 0 unspecified atom stereocenters. The molecule has 3 aromatic rings. The fourth-order valence-electron chi connectivity index (χ4n) is 3.24. The first-order valence-corrected chi connectivity index (χ1v) is 11.2. The van der Waals surface area contributed by atoms with Crippen LogP contribution in [0, 0.1) is 5.82 Å². The van der Waals surface area contributed by atoms with Gasteiger partial charge in [0.25, 0.3) is 5.89 Å². The maximum Gasteiger partial charge on any atom is 0.257 e. The number of ether oxygens (including phenoxy) is 1. The van der Waals surface area contributed by atoms with Crippen LogP contribution in [0.3, 0.4) is 0 Å². The van der Waals surface area contributed by atoms with Crippen LogP contribution in [-0.4, -0.2) is 53.3 Å². The van der Waals surface area contributed by atoms with E-state index in [2.05, 4.69) is 15.1 Å². The maximum atomic E-state index is 13.8. The SMILES string of the molecule is O=S(=O)(CCc1ccncc1)N1CCO[C@@H](c2nc(Cc3ccccc3F)no2)C1. The topological polar surface area (TPSA) is 98.4 Å². The Balaban J connectivity index is 1.40. The summed E-state index contributed by atoms with van der Waals surface area (Å²) in [6, 6.07) is 9.97. The number of benzene rings is 1. The van der Waals surface area contributed by atoms with Gasteiger partial charge in [0, 0.05) is 31.9 Å². The van der Waals surface area contributed by atoms with Crippen molar-refractivity contribution in [3.63, 3.8) is 0 Å². The highest BCUT2D eigenvalue weighted by atomic mass is 32.2. The van der Waals surface area contributed by atoms with Gasteiger partial charge in [0.2, 0.25) is 10.0 Å². The molecule has 8 nitrogen and oxygen atoms in total. The summed E-state index contributed by atoms with van der Waals surface area (Å²) >= 11 is 0. The molecule has 1 fully saturated rings. The Morgan fingerprint density at radius 1 is 1.17 bits per heavy atom. The van der Waals surface area contributed by atoms with Gasteiger partial charge in [0.1, 0.15) is 5.82 Å². The predicted octanol–water partition coefficient (Wildman–Crippen LogP) is 2.14. The van der Waals surface area contributed by atoms with Crippen molar-refractivity contribution in [1.82, 2.24) is 19.4 Å². The zero-order valence-electron chi connectivity index (χ0n) is 16.1. The van der Waals surface area contributed by atoms with Crippen molar-refractivity contribution in [2.24, 2.45) is 0 Å². The highest BCUT2D eigenvalue weighted by Gasteiger charge is 2.33. The Bertz CT molecular complexity index is 1090. The summed E-state index contributed by atoms with van der Waals surface area (Å²) in [6.07, 6.45) is 3.20. The third-order valence-corrected chi connectivity index (χ3v) is 6.72. The van der Waals surface area contributed by atoms with E-state index in [9.17, 15) is 12.8 Å². The Hall–Kier alpha value is -2.69. The summed E-state index contributed by atoms with van der Waals surface area (Å²) in [7, 11) is -3.48. The van der Waals surface area contributed by atoms with Gasteiger partial charge in [-0.1, -0.05) is 23.4 Å². The average molecular weight is 432 g/mol. The van der Waals surface area contributed by atoms with Crippen LogP contribution in [0.15, 0.2) is 53.3 Å². The largest absolute Gasteiger partial charge is 0.366 e. The van der Waals surface area contributed by atoms with Crippen LogP contribution in [0.25, 0.3) is 0 Å². The fraction of sp³-hybridized carbons (Fsp3) is 0.350. The molecule has 1 aromatic carbocycles. The number of nitrogens with zero attached hydrogens (tertiary/aromatic N) is 4. The van der Waals surface area contributed by atoms with Crippen LogP contribution in [-0.2, 0) is 27.6 Å². The number of hydrogen-bond acceptors (Lipinski definition) is 7. The second kappa shape index (κ2) is 8.99. The van der Waals surface area contributed by atoms with Crippen LogP contribution >= 0.6 is 0 Å². The summed E-state index contributed by atoms with van der Waals surface area (Å²) in [5.41, 5.74) is 1.36. The third-order valence-electron chi connectivity index (χ3n) is 4.89. The number of rotatable bonds is 7. The van der Waals surface area contributed by atoms with Gasteiger partial charge in [-0.25, -0.2) is 12.8 Å². The van der Waals surface area contributed by atoms with Gasteiger partial charge in [-0.3, -0.25) is 4.98 Å². The molecule has 0 N–H and O–H groups in total. The van der Waals surface area contributed by atoms with Crippen LogP contribution in [0.1, 0.15) is 28.9 Å². The summed E-state index contributed by atoms with van der Waals surface area (Å²) in [6.45, 7) is 0.593. The first-order chi connectivity index (χ1) is 14.5. The monoisotopic (exact) mass is 432 g/mol. The second-order valence-corrected chi connectivity index (χ2v) is 9.04. The molecule has 2 aromatic heterocycles. The van der Waals surface area contributed by atoms with Crippen molar-refractivity contribution >= 4 is 10.0 Å². The van der Waals surface area contributed by atoms with E-state index < -0.39 is 16.1 Å². The van der Waals surface area contributed by atoms with E-state index in [1.165, 1.54) is 10.4 Å². The minimum atomic E-state index is -3.48. The molecule has 0 bridgehead atoms. The van der Waals surface area contributed by atoms with Gasteiger partial charge in [0.15, 0.2) is 11.9 Å². The molecule has 1 saturated heterocycles. The van der Waals surface area contributed by atoms with Gasteiger partial charge in [-0.2, -0.15) is 9.29 Å². The molecule has 1 aliphatic rings. The molecule has 1 atom stereocenters. The molecule has 30 heavy (non-hydrogen) atoms. The molecule has 10 heteroatoms. The number of morpholine rings is 1. The third kappa shape index (κ3) is 4.89. The van der Waals surface area contributed by atoms with Crippen molar-refractivity contribution in [2.45, 2.75) is 18.9 Å². The van der Waals surface area contributed by atoms with E-state index in [0.29, 0.717) is 17.8 Å². The first kappa shape index (κ1) is 20.6. The minimum absolute atomic E-state index is 0.00784. The Kier molecular flexibility index (Phi) is 6.16. The molecule has 0 spiro atoms. The Labute approximate surface area is 173 Å². The van der Waals surface area contributed by atoms with Crippen molar-refractivity contribution in [3.8, 4) is 0 Å². The smallest absolute Gasteiger partial charge is 0.257 e. The minimum Gasteiger partial charge on any atom is -0.366 e. The summed E-state index contributed by atoms with van der Waals surface area (Å²) < 4.78 is 51.7. The van der Waals surface area contributed by atoms with Gasteiger partial charge in [-0.05, 0) is 35.7 Å². The highest BCUT2D eigenvalue weighted by Crippen LogP contribution is 2.24. The lowest BCUT2D eigenvalue weighted by Gasteiger charge is -2.30. The molecule has 3 heterocycles. The molecule has 0 aliphatic carbocycles. The Morgan fingerprint density at radius 3 is 2.77 bits per heavy atom. The van der Waals surface area contributed by atoms with E-state index in [-0.39, 0.29) is 43.6 Å². The molecular weight excluding hydrogens is 411 g/mol. The number of hydrogen-bond donors (Lipinski definition) is 0. The summed E-state index contributed by atoms with van der Waals surface area (Å²) in [4.78, 5) is 8.22. The van der Waals surface area contributed by atoms with E-state index in [1.54, 1.807) is 42.7 Å². The fourth-order valence-corrected chi connectivity index (χ4v) is 4.70. The van der Waals surface area contributed by atoms with Gasteiger partial charge < -0.3 is 9.26 Å². The second-order valence-electron chi connectivity index (χ2n) is 6.96. The zero-order valence-corrected chi connectivity index (χ0v) is 17.0. The Morgan fingerprint density at radius 2 is 1.97 bits per heavy atom. The summed E-state index contributed by atoms with van der Waals surface area (Å²) in [5.74, 6) is 0.155. The quantitative estimate of drug-likeness (QED) is 0.564. The maximum absolute atomic E-state index is 13.8. The molecular formula is C20H21FN4O4S. The number of sulfonamides is 1. The molecule has 0 amide bonds. The number of halogens is 1. The lowest BCUT2D eigenvalue weighted by molar-refractivity contribution is -0.0199. The van der Waals surface area contributed by atoms with Crippen molar-refractivity contribution in [3.05, 3.63) is 77.5 Å². The molecule has 0 radical (unpaired) electrons. The zero-order chi connectivity index (χ0) is 21.0. The van der Waals surface area contributed by atoms with Crippen LogP contribution in [0.5, 0.6) is 0 Å². The summed E-state index contributed by atoms with van der Waals surface area (Å²) in [5, 5.41) is 3.88. The molecule has 0 saturated carbocycles. The first-order valence-electron chi connectivity index (χ1n) is 9.55. The number of aryl methyl sites for hydroxylation is 1.